The van der Waals surface area contributed by atoms with Gasteiger partial charge in [0.15, 0.2) is 0 Å². The molecule has 132 valence electrons. The Hall–Kier alpha value is -2.41. The lowest BCUT2D eigenvalue weighted by Gasteiger charge is -2.20. The van der Waals surface area contributed by atoms with E-state index in [1.807, 2.05) is 13.0 Å². The summed E-state index contributed by atoms with van der Waals surface area (Å²) in [4.78, 5) is 35.1. The first kappa shape index (κ1) is 19.6. The summed E-state index contributed by atoms with van der Waals surface area (Å²) in [6.45, 7) is 1.95. The van der Waals surface area contributed by atoms with Gasteiger partial charge in [-0.05, 0) is 12.0 Å². The Balaban J connectivity index is 2.75. The van der Waals surface area contributed by atoms with Crippen LogP contribution in [0.25, 0.3) is 0 Å². The number of unbranched alkanes of at least 4 members (excludes halogenated alkanes) is 1. The number of carboxylic acids is 1. The second-order valence-corrected chi connectivity index (χ2v) is 5.67. The van der Waals surface area contributed by atoms with Crippen molar-refractivity contribution in [3.05, 3.63) is 35.9 Å². The lowest BCUT2D eigenvalue weighted by atomic mass is 9.96. The Bertz CT molecular complexity index is 547. The SMILES string of the molecule is CCCCC(CC(=O)NO)C(=O)N[C@@H](Cc1ccccc1)C(=O)O. The summed E-state index contributed by atoms with van der Waals surface area (Å²) >= 11 is 0. The van der Waals surface area contributed by atoms with Gasteiger partial charge < -0.3 is 10.4 Å². The van der Waals surface area contributed by atoms with Crippen molar-refractivity contribution in [1.82, 2.24) is 10.8 Å². The van der Waals surface area contributed by atoms with Crippen LogP contribution in [0.4, 0.5) is 0 Å². The summed E-state index contributed by atoms with van der Waals surface area (Å²) < 4.78 is 0. The third kappa shape index (κ3) is 6.78. The fourth-order valence-electron chi connectivity index (χ4n) is 2.39. The molecule has 4 N–H and O–H groups in total. The molecule has 1 rings (SSSR count). The van der Waals surface area contributed by atoms with Crippen LogP contribution in [0.1, 0.15) is 38.2 Å². The van der Waals surface area contributed by atoms with Gasteiger partial charge in [0.25, 0.3) is 0 Å². The van der Waals surface area contributed by atoms with Gasteiger partial charge >= 0.3 is 5.97 Å². The second-order valence-electron chi connectivity index (χ2n) is 5.67. The normalized spacial score (nSPS) is 12.9. The molecule has 0 fully saturated rings. The molecule has 7 heteroatoms. The van der Waals surface area contributed by atoms with Crippen molar-refractivity contribution < 1.29 is 24.7 Å². The number of aliphatic carboxylic acids is 1. The number of carbonyl (C=O) groups is 3. The molecule has 2 amide bonds. The van der Waals surface area contributed by atoms with Gasteiger partial charge in [0.05, 0.1) is 0 Å². The summed E-state index contributed by atoms with van der Waals surface area (Å²) in [7, 11) is 0. The van der Waals surface area contributed by atoms with Crippen molar-refractivity contribution in [3.63, 3.8) is 0 Å². The Kier molecular flexibility index (Phi) is 8.49. The molecule has 24 heavy (non-hydrogen) atoms. The maximum Gasteiger partial charge on any atom is 0.326 e. The molecule has 0 aliphatic heterocycles. The molecule has 0 radical (unpaired) electrons. The first-order valence-corrected chi connectivity index (χ1v) is 7.98. The van der Waals surface area contributed by atoms with E-state index in [2.05, 4.69) is 5.32 Å². The van der Waals surface area contributed by atoms with Crippen molar-refractivity contribution in [2.75, 3.05) is 0 Å². The number of carboxylic acid groups (broad SMARTS) is 1. The molecular formula is C17H24N2O5. The van der Waals surface area contributed by atoms with E-state index in [4.69, 9.17) is 5.21 Å². The van der Waals surface area contributed by atoms with Gasteiger partial charge in [0, 0.05) is 18.8 Å². The maximum atomic E-state index is 12.4. The Morgan fingerprint density at radius 2 is 1.83 bits per heavy atom. The number of carbonyl (C=O) groups excluding carboxylic acids is 2. The van der Waals surface area contributed by atoms with Gasteiger partial charge in [-0.1, -0.05) is 50.1 Å². The Morgan fingerprint density at radius 3 is 2.38 bits per heavy atom. The predicted molar refractivity (Wildman–Crippen MR) is 87.3 cm³/mol. The smallest absolute Gasteiger partial charge is 0.326 e. The van der Waals surface area contributed by atoms with Crippen LogP contribution in [0, 0.1) is 5.92 Å². The van der Waals surface area contributed by atoms with E-state index in [1.54, 1.807) is 24.3 Å². The number of nitrogens with one attached hydrogen (secondary N) is 2. The summed E-state index contributed by atoms with van der Waals surface area (Å²) in [6.07, 6.45) is 2.01. The fourth-order valence-corrected chi connectivity index (χ4v) is 2.39. The van der Waals surface area contributed by atoms with Crippen LogP contribution in [-0.2, 0) is 20.8 Å². The topological polar surface area (TPSA) is 116 Å². The lowest BCUT2D eigenvalue weighted by molar-refractivity contribution is -0.143. The average molecular weight is 336 g/mol. The van der Waals surface area contributed by atoms with Crippen molar-refractivity contribution >= 4 is 17.8 Å². The Morgan fingerprint density at radius 1 is 1.17 bits per heavy atom. The zero-order valence-corrected chi connectivity index (χ0v) is 13.7. The van der Waals surface area contributed by atoms with E-state index in [0.29, 0.717) is 6.42 Å². The van der Waals surface area contributed by atoms with Crippen LogP contribution >= 0.6 is 0 Å². The number of benzene rings is 1. The summed E-state index contributed by atoms with van der Waals surface area (Å²) in [6, 6.07) is 7.93. The molecule has 0 bridgehead atoms. The van der Waals surface area contributed by atoms with Crippen molar-refractivity contribution in [2.24, 2.45) is 5.92 Å². The van der Waals surface area contributed by atoms with E-state index in [9.17, 15) is 19.5 Å². The third-order valence-corrected chi connectivity index (χ3v) is 3.73. The van der Waals surface area contributed by atoms with Gasteiger partial charge in [-0.15, -0.1) is 0 Å². The largest absolute Gasteiger partial charge is 0.480 e. The monoisotopic (exact) mass is 336 g/mol. The van der Waals surface area contributed by atoms with E-state index in [0.717, 1.165) is 18.4 Å². The van der Waals surface area contributed by atoms with E-state index in [-0.39, 0.29) is 12.8 Å². The van der Waals surface area contributed by atoms with Crippen LogP contribution in [0.3, 0.4) is 0 Å². The molecule has 0 heterocycles. The minimum absolute atomic E-state index is 0.161. The minimum atomic E-state index is -1.13. The van der Waals surface area contributed by atoms with E-state index < -0.39 is 29.7 Å². The van der Waals surface area contributed by atoms with Crippen LogP contribution in [0.5, 0.6) is 0 Å². The average Bonchev–Trinajstić information content (AvgIpc) is 2.58. The third-order valence-electron chi connectivity index (χ3n) is 3.73. The second kappa shape index (κ2) is 10.4. The quantitative estimate of drug-likeness (QED) is 0.382. The number of rotatable bonds is 10. The highest BCUT2D eigenvalue weighted by atomic mass is 16.5. The van der Waals surface area contributed by atoms with Crippen LogP contribution in [0.2, 0.25) is 0 Å². The van der Waals surface area contributed by atoms with Gasteiger partial charge in [-0.25, -0.2) is 10.3 Å². The molecule has 1 unspecified atom stereocenters. The molecule has 0 aliphatic carbocycles. The molecule has 0 spiro atoms. The summed E-state index contributed by atoms with van der Waals surface area (Å²) in [5, 5.41) is 20.5. The highest BCUT2D eigenvalue weighted by Gasteiger charge is 2.26. The van der Waals surface area contributed by atoms with Crippen molar-refractivity contribution in [2.45, 2.75) is 45.1 Å². The molecular weight excluding hydrogens is 312 g/mol. The van der Waals surface area contributed by atoms with Gasteiger partial charge in [0.1, 0.15) is 6.04 Å². The standard InChI is InChI=1S/C17H24N2O5/c1-2-3-9-13(11-15(20)19-24)16(21)18-14(17(22)23)10-12-7-5-4-6-8-12/h4-8,13-14,24H,2-3,9-11H2,1H3,(H,18,21)(H,19,20)(H,22,23)/t13?,14-/m0/s1. The van der Waals surface area contributed by atoms with Crippen LogP contribution < -0.4 is 10.8 Å². The van der Waals surface area contributed by atoms with Gasteiger partial charge in [-0.2, -0.15) is 0 Å². The molecule has 1 aromatic rings. The Labute approximate surface area is 141 Å². The first-order chi connectivity index (χ1) is 11.5. The molecule has 0 saturated carbocycles. The maximum absolute atomic E-state index is 12.4. The van der Waals surface area contributed by atoms with E-state index >= 15 is 0 Å². The summed E-state index contributed by atoms with van der Waals surface area (Å²) in [5.74, 6) is -2.96. The minimum Gasteiger partial charge on any atom is -0.480 e. The number of hydrogen-bond donors (Lipinski definition) is 4. The van der Waals surface area contributed by atoms with Crippen molar-refractivity contribution in [3.8, 4) is 0 Å². The lowest BCUT2D eigenvalue weighted by Crippen LogP contribution is -2.45. The first-order valence-electron chi connectivity index (χ1n) is 7.98. The predicted octanol–water partition coefficient (Wildman–Crippen LogP) is 1.50. The zero-order valence-electron chi connectivity index (χ0n) is 13.7. The van der Waals surface area contributed by atoms with Gasteiger partial charge in [0.2, 0.25) is 11.8 Å². The molecule has 0 saturated heterocycles. The zero-order chi connectivity index (χ0) is 17.9. The summed E-state index contributed by atoms with van der Waals surface area (Å²) in [5.41, 5.74) is 2.30. The van der Waals surface area contributed by atoms with E-state index in [1.165, 1.54) is 5.48 Å². The number of hydrogen-bond acceptors (Lipinski definition) is 4. The van der Waals surface area contributed by atoms with Crippen molar-refractivity contribution in [1.29, 1.82) is 0 Å². The number of amides is 2. The van der Waals surface area contributed by atoms with Crippen LogP contribution in [-0.4, -0.2) is 34.1 Å². The molecule has 0 aliphatic rings. The van der Waals surface area contributed by atoms with Crippen LogP contribution in [0.15, 0.2) is 30.3 Å². The highest BCUT2D eigenvalue weighted by Crippen LogP contribution is 2.14. The number of hydroxylamine groups is 1. The molecule has 2 atom stereocenters. The van der Waals surface area contributed by atoms with Gasteiger partial charge in [-0.3, -0.25) is 14.8 Å². The molecule has 1 aromatic carbocycles. The molecule has 0 aromatic heterocycles. The highest BCUT2D eigenvalue weighted by molar-refractivity contribution is 5.88. The fraction of sp³-hybridized carbons (Fsp3) is 0.471. The molecule has 7 nitrogen and oxygen atoms in total.